The molecule has 1 atom stereocenters. The second-order valence-electron chi connectivity index (χ2n) is 12.3. The fourth-order valence-electron chi connectivity index (χ4n) is 6.27. The number of pyridine rings is 1. The van der Waals surface area contributed by atoms with E-state index in [1.165, 1.54) is 21.9 Å². The van der Waals surface area contributed by atoms with Crippen molar-refractivity contribution in [3.05, 3.63) is 143 Å². The van der Waals surface area contributed by atoms with E-state index >= 15 is 0 Å². The highest BCUT2D eigenvalue weighted by Gasteiger charge is 2.28. The fourth-order valence-corrected chi connectivity index (χ4v) is 6.27. The molecule has 1 unspecified atom stereocenters. The Bertz CT molecular complexity index is 2030. The fraction of sp³-hybridized carbons (Fsp3) is 0.205. The zero-order valence-corrected chi connectivity index (χ0v) is 27.4. The summed E-state index contributed by atoms with van der Waals surface area (Å²) < 4.78 is 13.4. The van der Waals surface area contributed by atoms with Gasteiger partial charge in [-0.1, -0.05) is 60.7 Å². The van der Waals surface area contributed by atoms with Gasteiger partial charge in [-0.2, -0.15) is 0 Å². The van der Waals surface area contributed by atoms with Gasteiger partial charge in [-0.15, -0.1) is 0 Å². The molecule has 11 heteroatoms. The average molecular weight is 674 g/mol. The van der Waals surface area contributed by atoms with Crippen LogP contribution in [-0.4, -0.2) is 63.8 Å². The minimum atomic E-state index is -0.965. The van der Waals surface area contributed by atoms with E-state index in [-0.39, 0.29) is 30.1 Å². The summed E-state index contributed by atoms with van der Waals surface area (Å²) in [5, 5.41) is 15.7. The van der Waals surface area contributed by atoms with Gasteiger partial charge < -0.3 is 25.5 Å². The molecule has 6 rings (SSSR count). The van der Waals surface area contributed by atoms with Gasteiger partial charge in [0.25, 0.3) is 11.8 Å². The van der Waals surface area contributed by atoms with E-state index < -0.39 is 18.0 Å². The van der Waals surface area contributed by atoms with E-state index in [4.69, 9.17) is 0 Å². The first-order valence-electron chi connectivity index (χ1n) is 16.3. The van der Waals surface area contributed by atoms with Crippen LogP contribution in [0.1, 0.15) is 62.2 Å². The lowest BCUT2D eigenvalue weighted by atomic mass is 9.86. The van der Waals surface area contributed by atoms with Crippen LogP contribution in [0, 0.1) is 5.82 Å². The zero-order valence-electron chi connectivity index (χ0n) is 27.4. The van der Waals surface area contributed by atoms with E-state index in [1.807, 2.05) is 18.2 Å². The SMILES string of the molecule is CN(Cc1ccc(F)cc1)C(=O)C(NC(=O)c1ccc2nc(NC(=O)c3ccccc3C3CCN(C(=O)O)CC3)ccc2c1)c1ccccc1. The van der Waals surface area contributed by atoms with Crippen molar-refractivity contribution in [1.29, 1.82) is 0 Å². The Balaban J connectivity index is 1.15. The number of carboxylic acid groups (broad SMARTS) is 1. The van der Waals surface area contributed by atoms with Crippen LogP contribution in [0.5, 0.6) is 0 Å². The van der Waals surface area contributed by atoms with Crippen LogP contribution >= 0.6 is 0 Å². The van der Waals surface area contributed by atoms with Gasteiger partial charge in [0.05, 0.1) is 5.52 Å². The molecule has 3 N–H and O–H groups in total. The number of anilines is 1. The van der Waals surface area contributed by atoms with Crippen molar-refractivity contribution >= 4 is 40.5 Å². The van der Waals surface area contributed by atoms with Crippen molar-refractivity contribution in [3.63, 3.8) is 0 Å². The van der Waals surface area contributed by atoms with Crippen LogP contribution in [0.2, 0.25) is 0 Å². The molecule has 1 aromatic heterocycles. The van der Waals surface area contributed by atoms with Gasteiger partial charge >= 0.3 is 6.09 Å². The molecular formula is C39H36FN5O5. The number of rotatable bonds is 9. The van der Waals surface area contributed by atoms with Crippen molar-refractivity contribution in [2.45, 2.75) is 31.3 Å². The minimum absolute atomic E-state index is 0.0636. The first-order chi connectivity index (χ1) is 24.2. The number of piperidine rings is 1. The molecule has 0 radical (unpaired) electrons. The maximum atomic E-state index is 13.6. The van der Waals surface area contributed by atoms with Gasteiger partial charge in [-0.05, 0) is 84.0 Å². The predicted molar refractivity (Wildman–Crippen MR) is 187 cm³/mol. The molecular weight excluding hydrogens is 637 g/mol. The molecule has 1 fully saturated rings. The summed E-state index contributed by atoms with van der Waals surface area (Å²) in [4.78, 5) is 59.4. The maximum Gasteiger partial charge on any atom is 0.407 e. The molecule has 0 saturated carbocycles. The molecule has 50 heavy (non-hydrogen) atoms. The Morgan fingerprint density at radius 1 is 0.880 bits per heavy atom. The third kappa shape index (κ3) is 7.78. The van der Waals surface area contributed by atoms with Crippen LogP contribution < -0.4 is 10.6 Å². The van der Waals surface area contributed by atoms with Crippen molar-refractivity contribution < 1.29 is 28.7 Å². The van der Waals surface area contributed by atoms with Crippen molar-refractivity contribution in [2.75, 3.05) is 25.5 Å². The Morgan fingerprint density at radius 2 is 1.58 bits per heavy atom. The van der Waals surface area contributed by atoms with Gasteiger partial charge in [-0.25, -0.2) is 14.2 Å². The van der Waals surface area contributed by atoms with Crippen molar-refractivity contribution in [1.82, 2.24) is 20.1 Å². The Morgan fingerprint density at radius 3 is 2.30 bits per heavy atom. The van der Waals surface area contributed by atoms with Gasteiger partial charge in [0.2, 0.25) is 5.91 Å². The highest BCUT2D eigenvalue weighted by Crippen LogP contribution is 2.31. The number of likely N-dealkylation sites (N-methyl/N-ethyl adjacent to an activating group) is 1. The van der Waals surface area contributed by atoms with Gasteiger partial charge in [0.1, 0.15) is 17.7 Å². The molecule has 0 spiro atoms. The summed E-state index contributed by atoms with van der Waals surface area (Å²) in [6.45, 7) is 1.07. The molecule has 0 aliphatic carbocycles. The third-order valence-electron chi connectivity index (χ3n) is 8.97. The lowest BCUT2D eigenvalue weighted by Gasteiger charge is -2.31. The normalized spacial score (nSPS) is 13.8. The maximum absolute atomic E-state index is 13.6. The molecule has 2 heterocycles. The quantitative estimate of drug-likeness (QED) is 0.161. The van der Waals surface area contributed by atoms with Crippen molar-refractivity contribution in [3.8, 4) is 0 Å². The summed E-state index contributed by atoms with van der Waals surface area (Å²) in [5.41, 5.74) is 3.64. The number of likely N-dealkylation sites (tertiary alicyclic amines) is 1. The molecule has 5 aromatic rings. The molecule has 254 valence electrons. The second kappa shape index (κ2) is 15.0. The lowest BCUT2D eigenvalue weighted by molar-refractivity contribution is -0.132. The van der Waals surface area contributed by atoms with E-state index in [1.54, 1.807) is 85.9 Å². The topological polar surface area (TPSA) is 132 Å². The number of benzene rings is 4. The molecule has 1 saturated heterocycles. The zero-order chi connectivity index (χ0) is 35.2. The Kier molecular flexibility index (Phi) is 10.1. The Labute approximate surface area is 288 Å². The van der Waals surface area contributed by atoms with Crippen LogP contribution in [0.15, 0.2) is 109 Å². The molecule has 0 bridgehead atoms. The first kappa shape index (κ1) is 33.8. The smallest absolute Gasteiger partial charge is 0.407 e. The number of halogens is 1. The monoisotopic (exact) mass is 673 g/mol. The molecule has 4 amide bonds. The Hall–Kier alpha value is -6.10. The minimum Gasteiger partial charge on any atom is -0.465 e. The van der Waals surface area contributed by atoms with E-state index in [2.05, 4.69) is 15.6 Å². The predicted octanol–water partition coefficient (Wildman–Crippen LogP) is 6.61. The standard InChI is InChI=1S/C39H36FN5O5/c1-44(24-25-11-15-30(40)16-12-25)38(48)35(27-7-3-2-4-8-27)43-36(46)29-13-17-33-28(23-29)14-18-34(41-33)42-37(47)32-10-6-5-9-31(32)26-19-21-45(22-20-26)39(49)50/h2-18,23,26,35H,19-22,24H2,1H3,(H,43,46)(H,49,50)(H,41,42,47). The van der Waals surface area contributed by atoms with Crippen LogP contribution in [0.3, 0.4) is 0 Å². The number of hydrogen-bond donors (Lipinski definition) is 3. The van der Waals surface area contributed by atoms with E-state index in [9.17, 15) is 28.7 Å². The van der Waals surface area contributed by atoms with Gasteiger partial charge in [0, 0.05) is 43.2 Å². The number of amides is 4. The van der Waals surface area contributed by atoms with Gasteiger partial charge in [0.15, 0.2) is 0 Å². The van der Waals surface area contributed by atoms with Crippen LogP contribution in [-0.2, 0) is 11.3 Å². The average Bonchev–Trinajstić information content (AvgIpc) is 3.14. The molecule has 1 aliphatic rings. The summed E-state index contributed by atoms with van der Waals surface area (Å²) >= 11 is 0. The summed E-state index contributed by atoms with van der Waals surface area (Å²) in [5.74, 6) is -1.05. The largest absolute Gasteiger partial charge is 0.465 e. The number of fused-ring (bicyclic) bond motifs is 1. The highest BCUT2D eigenvalue weighted by atomic mass is 19.1. The van der Waals surface area contributed by atoms with Crippen LogP contribution in [0.25, 0.3) is 10.9 Å². The molecule has 10 nitrogen and oxygen atoms in total. The number of aromatic nitrogens is 1. The summed E-state index contributed by atoms with van der Waals surface area (Å²) in [6.07, 6.45) is 0.334. The van der Waals surface area contributed by atoms with E-state index in [0.717, 1.165) is 11.1 Å². The number of nitrogens with zero attached hydrogens (tertiary/aromatic N) is 3. The summed E-state index contributed by atoms with van der Waals surface area (Å²) in [7, 11) is 1.63. The molecule has 1 aliphatic heterocycles. The summed E-state index contributed by atoms with van der Waals surface area (Å²) in [6, 6.07) is 29.7. The number of carbonyl (C=O) groups is 4. The van der Waals surface area contributed by atoms with Crippen molar-refractivity contribution in [2.24, 2.45) is 0 Å². The second-order valence-corrected chi connectivity index (χ2v) is 12.3. The lowest BCUT2D eigenvalue weighted by Crippen LogP contribution is -2.41. The first-order valence-corrected chi connectivity index (χ1v) is 16.3. The van der Waals surface area contributed by atoms with E-state index in [0.29, 0.717) is 59.3 Å². The molecule has 4 aromatic carbocycles. The number of hydrogen-bond acceptors (Lipinski definition) is 5. The number of nitrogens with one attached hydrogen (secondary N) is 2. The van der Waals surface area contributed by atoms with Crippen LogP contribution in [0.4, 0.5) is 15.0 Å². The van der Waals surface area contributed by atoms with Gasteiger partial charge in [-0.3, -0.25) is 14.4 Å². The third-order valence-corrected chi connectivity index (χ3v) is 8.97. The highest BCUT2D eigenvalue weighted by molar-refractivity contribution is 6.06. The number of carbonyl (C=O) groups excluding carboxylic acids is 3.